The quantitative estimate of drug-likeness (QED) is 0.618. The van der Waals surface area contributed by atoms with Gasteiger partial charge in [-0.05, 0) is 12.8 Å². The number of aliphatic hydroxyl groups excluding tert-OH is 1. The number of rotatable bonds is 4. The minimum atomic E-state index is -0.634. The number of nitrogens with zero attached hydrogens (tertiary/aromatic N) is 1. The molecule has 0 aliphatic heterocycles. The van der Waals surface area contributed by atoms with E-state index in [1.807, 2.05) is 0 Å². The molecule has 9 heavy (non-hydrogen) atoms. The Balaban J connectivity index is 3.08. The second kappa shape index (κ2) is 5.52. The lowest BCUT2D eigenvalue weighted by Crippen LogP contribution is -2.04. The molecule has 0 radical (unpaired) electrons. The van der Waals surface area contributed by atoms with Gasteiger partial charge in [-0.1, -0.05) is 0 Å². The molecule has 1 unspecified atom stereocenters. The summed E-state index contributed by atoms with van der Waals surface area (Å²) in [4.78, 5) is 0. The van der Waals surface area contributed by atoms with Crippen LogP contribution in [-0.4, -0.2) is 17.9 Å². The molecule has 0 aromatic carbocycles. The van der Waals surface area contributed by atoms with E-state index in [2.05, 4.69) is 0 Å². The van der Waals surface area contributed by atoms with Gasteiger partial charge in [-0.25, -0.2) is 0 Å². The molecular weight excluding hydrogens is 121 g/mol. The standard InChI is InChI=1S/C6H10FNO/c7-4-1-2-6(9)3-5-8/h6,9H,1-4H2. The number of alkyl halides is 1. The van der Waals surface area contributed by atoms with Gasteiger partial charge >= 0.3 is 0 Å². The molecule has 0 spiro atoms. The Bertz CT molecular complexity index is 99.7. The van der Waals surface area contributed by atoms with E-state index in [0.29, 0.717) is 12.8 Å². The predicted molar refractivity (Wildman–Crippen MR) is 31.4 cm³/mol. The Kier molecular flexibility index (Phi) is 5.14. The predicted octanol–water partition coefficient (Wildman–Crippen LogP) is 1.01. The van der Waals surface area contributed by atoms with Crippen LogP contribution in [0.5, 0.6) is 0 Å². The van der Waals surface area contributed by atoms with Crippen molar-refractivity contribution in [3.8, 4) is 6.07 Å². The fourth-order valence-electron chi connectivity index (χ4n) is 0.520. The van der Waals surface area contributed by atoms with Gasteiger partial charge in [0, 0.05) is 0 Å². The van der Waals surface area contributed by atoms with Crippen molar-refractivity contribution in [1.82, 2.24) is 0 Å². The highest BCUT2D eigenvalue weighted by molar-refractivity contribution is 4.74. The number of nitriles is 1. The Hall–Kier alpha value is -0.620. The van der Waals surface area contributed by atoms with E-state index in [0.717, 1.165) is 0 Å². The lowest BCUT2D eigenvalue weighted by molar-refractivity contribution is 0.163. The van der Waals surface area contributed by atoms with E-state index in [1.54, 1.807) is 6.07 Å². The summed E-state index contributed by atoms with van der Waals surface area (Å²) in [6, 6.07) is 1.80. The zero-order chi connectivity index (χ0) is 7.11. The average molecular weight is 131 g/mol. The number of aliphatic hydroxyl groups is 1. The zero-order valence-electron chi connectivity index (χ0n) is 5.18. The van der Waals surface area contributed by atoms with Crippen LogP contribution in [0.1, 0.15) is 19.3 Å². The van der Waals surface area contributed by atoms with Gasteiger partial charge in [-0.15, -0.1) is 0 Å². The highest BCUT2D eigenvalue weighted by atomic mass is 19.1. The molecule has 2 nitrogen and oxygen atoms in total. The van der Waals surface area contributed by atoms with Crippen LogP contribution in [0.15, 0.2) is 0 Å². The number of halogens is 1. The van der Waals surface area contributed by atoms with E-state index in [-0.39, 0.29) is 6.42 Å². The van der Waals surface area contributed by atoms with Crippen molar-refractivity contribution in [2.24, 2.45) is 0 Å². The van der Waals surface area contributed by atoms with E-state index in [1.165, 1.54) is 0 Å². The minimum absolute atomic E-state index is 0.111. The summed E-state index contributed by atoms with van der Waals surface area (Å²) in [5.41, 5.74) is 0. The van der Waals surface area contributed by atoms with Gasteiger partial charge in [-0.2, -0.15) is 5.26 Å². The highest BCUT2D eigenvalue weighted by Crippen LogP contribution is 1.99. The molecule has 52 valence electrons. The highest BCUT2D eigenvalue weighted by Gasteiger charge is 2.00. The SMILES string of the molecule is N#CCC(O)CCCF. The summed E-state index contributed by atoms with van der Waals surface area (Å²) < 4.78 is 11.4. The average Bonchev–Trinajstić information content (AvgIpc) is 1.85. The molecule has 0 aromatic heterocycles. The van der Waals surface area contributed by atoms with Crippen LogP contribution in [0.25, 0.3) is 0 Å². The third-order valence-electron chi connectivity index (χ3n) is 0.998. The molecule has 0 saturated heterocycles. The molecule has 0 aliphatic carbocycles. The van der Waals surface area contributed by atoms with E-state index >= 15 is 0 Å². The largest absolute Gasteiger partial charge is 0.392 e. The van der Waals surface area contributed by atoms with Crippen molar-refractivity contribution in [3.05, 3.63) is 0 Å². The first kappa shape index (κ1) is 8.38. The van der Waals surface area contributed by atoms with Gasteiger partial charge in [0.15, 0.2) is 0 Å². The molecule has 0 amide bonds. The van der Waals surface area contributed by atoms with Crippen LogP contribution in [0.2, 0.25) is 0 Å². The third kappa shape index (κ3) is 5.25. The summed E-state index contributed by atoms with van der Waals surface area (Å²) in [6.45, 7) is -0.414. The fraction of sp³-hybridized carbons (Fsp3) is 0.833. The van der Waals surface area contributed by atoms with Crippen LogP contribution >= 0.6 is 0 Å². The summed E-state index contributed by atoms with van der Waals surface area (Å²) in [6.07, 6.45) is 0.221. The molecule has 0 aliphatic rings. The maximum Gasteiger partial charge on any atom is 0.0895 e. The Morgan fingerprint density at radius 3 is 2.78 bits per heavy atom. The second-order valence-corrected chi connectivity index (χ2v) is 1.85. The topological polar surface area (TPSA) is 44.0 Å². The first-order valence-corrected chi connectivity index (χ1v) is 2.92. The summed E-state index contributed by atoms with van der Waals surface area (Å²) in [5.74, 6) is 0. The van der Waals surface area contributed by atoms with Crippen LogP contribution in [0.4, 0.5) is 4.39 Å². The molecule has 0 fully saturated rings. The van der Waals surface area contributed by atoms with Crippen molar-refractivity contribution in [2.75, 3.05) is 6.67 Å². The molecule has 0 aromatic rings. The maximum absolute atomic E-state index is 11.4. The lowest BCUT2D eigenvalue weighted by Gasteiger charge is -2.01. The monoisotopic (exact) mass is 131 g/mol. The third-order valence-corrected chi connectivity index (χ3v) is 0.998. The van der Waals surface area contributed by atoms with Gasteiger partial charge in [-0.3, -0.25) is 4.39 Å². The Morgan fingerprint density at radius 1 is 1.67 bits per heavy atom. The molecule has 0 heterocycles. The maximum atomic E-state index is 11.4. The zero-order valence-corrected chi connectivity index (χ0v) is 5.18. The lowest BCUT2D eigenvalue weighted by atomic mass is 10.2. The molecule has 3 heteroatoms. The first-order valence-electron chi connectivity index (χ1n) is 2.92. The van der Waals surface area contributed by atoms with Crippen molar-refractivity contribution < 1.29 is 9.50 Å². The second-order valence-electron chi connectivity index (χ2n) is 1.85. The molecular formula is C6H10FNO. The molecule has 1 N–H and O–H groups in total. The van der Waals surface area contributed by atoms with E-state index < -0.39 is 12.8 Å². The molecule has 0 bridgehead atoms. The first-order chi connectivity index (χ1) is 4.31. The summed E-state index contributed by atoms with van der Waals surface area (Å²) in [5, 5.41) is 16.8. The normalized spacial score (nSPS) is 12.6. The van der Waals surface area contributed by atoms with Gasteiger partial charge in [0.2, 0.25) is 0 Å². The van der Waals surface area contributed by atoms with Crippen LogP contribution < -0.4 is 0 Å². The molecule has 0 rings (SSSR count). The molecule has 0 saturated carbocycles. The van der Waals surface area contributed by atoms with Crippen molar-refractivity contribution in [2.45, 2.75) is 25.4 Å². The van der Waals surface area contributed by atoms with Gasteiger partial charge < -0.3 is 5.11 Å². The summed E-state index contributed by atoms with van der Waals surface area (Å²) >= 11 is 0. The van der Waals surface area contributed by atoms with E-state index in [4.69, 9.17) is 10.4 Å². The number of hydrogen-bond acceptors (Lipinski definition) is 2. The van der Waals surface area contributed by atoms with Gasteiger partial charge in [0.05, 0.1) is 25.3 Å². The van der Waals surface area contributed by atoms with Crippen molar-refractivity contribution >= 4 is 0 Å². The fourth-order valence-corrected chi connectivity index (χ4v) is 0.520. The van der Waals surface area contributed by atoms with Crippen molar-refractivity contribution in [3.63, 3.8) is 0 Å². The number of hydrogen-bond donors (Lipinski definition) is 1. The Morgan fingerprint density at radius 2 is 2.33 bits per heavy atom. The smallest absolute Gasteiger partial charge is 0.0895 e. The summed E-state index contributed by atoms with van der Waals surface area (Å²) in [7, 11) is 0. The van der Waals surface area contributed by atoms with Crippen LogP contribution in [0, 0.1) is 11.3 Å². The van der Waals surface area contributed by atoms with Crippen molar-refractivity contribution in [1.29, 1.82) is 5.26 Å². The van der Waals surface area contributed by atoms with Gasteiger partial charge in [0.1, 0.15) is 0 Å². The van der Waals surface area contributed by atoms with Crippen LogP contribution in [0.3, 0.4) is 0 Å². The molecule has 1 atom stereocenters. The minimum Gasteiger partial charge on any atom is -0.392 e. The van der Waals surface area contributed by atoms with Crippen LogP contribution in [-0.2, 0) is 0 Å². The van der Waals surface area contributed by atoms with Gasteiger partial charge in [0.25, 0.3) is 0 Å². The van der Waals surface area contributed by atoms with E-state index in [9.17, 15) is 4.39 Å². The Labute approximate surface area is 53.9 Å².